The highest BCUT2D eigenvalue weighted by Gasteiger charge is 2.37. The van der Waals surface area contributed by atoms with Crippen LogP contribution in [0.5, 0.6) is 0 Å². The Morgan fingerprint density at radius 1 is 1.28 bits per heavy atom. The lowest BCUT2D eigenvalue weighted by molar-refractivity contribution is -0.139. The predicted octanol–water partition coefficient (Wildman–Crippen LogP) is 0.238. The number of nitrogens with one attached hydrogen (secondary N) is 1. The molecule has 0 saturated heterocycles. The molecular formula is C17H22N4O4. The first-order valence-electron chi connectivity index (χ1n) is 8.45. The normalized spacial score (nSPS) is 22.3. The molecule has 0 aliphatic heterocycles. The Bertz CT molecular complexity index is 666. The van der Waals surface area contributed by atoms with Gasteiger partial charge >= 0.3 is 5.97 Å². The van der Waals surface area contributed by atoms with Gasteiger partial charge in [-0.15, -0.1) is 0 Å². The van der Waals surface area contributed by atoms with E-state index in [2.05, 4.69) is 10.3 Å². The van der Waals surface area contributed by atoms with Gasteiger partial charge in [0.15, 0.2) is 0 Å². The van der Waals surface area contributed by atoms with Gasteiger partial charge in [0.05, 0.1) is 12.1 Å². The van der Waals surface area contributed by atoms with Crippen LogP contribution in [-0.2, 0) is 4.79 Å². The van der Waals surface area contributed by atoms with Crippen molar-refractivity contribution < 1.29 is 19.5 Å². The minimum absolute atomic E-state index is 0.0313. The maximum absolute atomic E-state index is 12.2. The lowest BCUT2D eigenvalue weighted by Crippen LogP contribution is -2.55. The third kappa shape index (κ3) is 4.54. The molecule has 0 unspecified atom stereocenters. The molecule has 0 radical (unpaired) electrons. The van der Waals surface area contributed by atoms with Gasteiger partial charge in [0.25, 0.3) is 11.8 Å². The molecule has 2 fully saturated rings. The second-order valence-electron chi connectivity index (χ2n) is 6.86. The van der Waals surface area contributed by atoms with Gasteiger partial charge in [0.2, 0.25) is 0 Å². The van der Waals surface area contributed by atoms with Gasteiger partial charge in [-0.3, -0.25) is 24.3 Å². The maximum Gasteiger partial charge on any atom is 0.317 e. The largest absolute Gasteiger partial charge is 0.480 e. The van der Waals surface area contributed by atoms with E-state index < -0.39 is 11.9 Å². The van der Waals surface area contributed by atoms with E-state index in [1.165, 1.54) is 31.2 Å². The fourth-order valence-electron chi connectivity index (χ4n) is 3.09. The first-order valence-corrected chi connectivity index (χ1v) is 8.45. The van der Waals surface area contributed by atoms with Crippen LogP contribution < -0.4 is 11.1 Å². The van der Waals surface area contributed by atoms with Crippen molar-refractivity contribution in [1.29, 1.82) is 0 Å². The zero-order valence-electron chi connectivity index (χ0n) is 13.9. The number of carboxylic acid groups (broad SMARTS) is 1. The van der Waals surface area contributed by atoms with Crippen molar-refractivity contribution >= 4 is 17.8 Å². The Morgan fingerprint density at radius 3 is 2.52 bits per heavy atom. The van der Waals surface area contributed by atoms with Crippen molar-refractivity contribution in [2.24, 2.45) is 11.7 Å². The molecule has 1 aromatic rings. The Kier molecular flexibility index (Phi) is 4.98. The number of primary amides is 1. The number of hydrogen-bond acceptors (Lipinski definition) is 5. The van der Waals surface area contributed by atoms with Gasteiger partial charge in [-0.1, -0.05) is 0 Å². The van der Waals surface area contributed by atoms with E-state index in [4.69, 9.17) is 10.8 Å². The van der Waals surface area contributed by atoms with Gasteiger partial charge in [0.1, 0.15) is 5.69 Å². The average molecular weight is 346 g/mol. The van der Waals surface area contributed by atoms with E-state index in [-0.39, 0.29) is 30.2 Å². The number of nitrogens with two attached hydrogens (primary N) is 1. The summed E-state index contributed by atoms with van der Waals surface area (Å²) in [5, 5.41) is 12.0. The van der Waals surface area contributed by atoms with Gasteiger partial charge in [-0.05, 0) is 43.7 Å². The number of pyridine rings is 1. The van der Waals surface area contributed by atoms with Crippen LogP contribution in [0.2, 0.25) is 0 Å². The molecule has 8 nitrogen and oxygen atoms in total. The number of aromatic nitrogens is 1. The molecule has 0 bridgehead atoms. The van der Waals surface area contributed by atoms with Crippen LogP contribution >= 0.6 is 0 Å². The SMILES string of the molecule is NC(=O)c1ccc(C(=O)NC2CC(N(CC(=O)O)CC3CC3)C2)cn1. The summed E-state index contributed by atoms with van der Waals surface area (Å²) in [5.41, 5.74) is 5.60. The van der Waals surface area contributed by atoms with E-state index in [0.717, 1.165) is 19.4 Å². The number of rotatable bonds is 8. The Hall–Kier alpha value is -2.48. The molecule has 2 aliphatic carbocycles. The lowest BCUT2D eigenvalue weighted by atomic mass is 9.85. The molecule has 0 spiro atoms. The maximum atomic E-state index is 12.2. The molecule has 2 aliphatic rings. The summed E-state index contributed by atoms with van der Waals surface area (Å²) in [6.45, 7) is 0.885. The van der Waals surface area contributed by atoms with Crippen LogP contribution in [0.3, 0.4) is 0 Å². The molecule has 134 valence electrons. The number of nitrogens with zero attached hydrogens (tertiary/aromatic N) is 2. The van der Waals surface area contributed by atoms with E-state index in [9.17, 15) is 14.4 Å². The van der Waals surface area contributed by atoms with Gasteiger partial charge < -0.3 is 16.2 Å². The predicted molar refractivity (Wildman–Crippen MR) is 89.0 cm³/mol. The summed E-state index contributed by atoms with van der Waals surface area (Å²) >= 11 is 0. The van der Waals surface area contributed by atoms with Crippen molar-refractivity contribution in [1.82, 2.24) is 15.2 Å². The summed E-state index contributed by atoms with van der Waals surface area (Å²) < 4.78 is 0. The van der Waals surface area contributed by atoms with E-state index >= 15 is 0 Å². The summed E-state index contributed by atoms with van der Waals surface area (Å²) in [5.74, 6) is -1.07. The van der Waals surface area contributed by atoms with E-state index in [1.807, 2.05) is 4.90 Å². The highest BCUT2D eigenvalue weighted by molar-refractivity contribution is 5.95. The zero-order valence-corrected chi connectivity index (χ0v) is 13.9. The molecule has 2 saturated carbocycles. The summed E-state index contributed by atoms with van der Waals surface area (Å²) in [6.07, 6.45) is 5.18. The average Bonchev–Trinajstić information content (AvgIpc) is 3.33. The molecule has 1 aromatic heterocycles. The number of carbonyl (C=O) groups excluding carboxylic acids is 2. The first kappa shape index (κ1) is 17.3. The fraction of sp³-hybridized carbons (Fsp3) is 0.529. The van der Waals surface area contributed by atoms with Crippen LogP contribution in [0.1, 0.15) is 46.5 Å². The Morgan fingerprint density at radius 2 is 2.00 bits per heavy atom. The lowest BCUT2D eigenvalue weighted by Gasteiger charge is -2.42. The van der Waals surface area contributed by atoms with E-state index in [1.54, 1.807) is 0 Å². The van der Waals surface area contributed by atoms with Crippen LogP contribution in [-0.4, -0.2) is 57.9 Å². The molecule has 1 heterocycles. The van der Waals surface area contributed by atoms with Crippen LogP contribution in [0.15, 0.2) is 18.3 Å². The highest BCUT2D eigenvalue weighted by Crippen LogP contribution is 2.33. The van der Waals surface area contributed by atoms with Crippen LogP contribution in [0, 0.1) is 5.92 Å². The van der Waals surface area contributed by atoms with Crippen molar-refractivity contribution in [3.8, 4) is 0 Å². The minimum Gasteiger partial charge on any atom is -0.480 e. The third-order valence-electron chi connectivity index (χ3n) is 4.77. The molecule has 25 heavy (non-hydrogen) atoms. The van der Waals surface area contributed by atoms with Crippen molar-refractivity contribution in [2.45, 2.75) is 37.8 Å². The van der Waals surface area contributed by atoms with Gasteiger partial charge in [-0.25, -0.2) is 0 Å². The third-order valence-corrected chi connectivity index (χ3v) is 4.77. The van der Waals surface area contributed by atoms with Gasteiger partial charge in [-0.2, -0.15) is 0 Å². The second kappa shape index (κ2) is 7.18. The smallest absolute Gasteiger partial charge is 0.317 e. The number of hydrogen-bond donors (Lipinski definition) is 3. The van der Waals surface area contributed by atoms with Crippen molar-refractivity contribution in [2.75, 3.05) is 13.1 Å². The number of amides is 2. The molecule has 0 atom stereocenters. The van der Waals surface area contributed by atoms with E-state index in [0.29, 0.717) is 11.5 Å². The molecular weight excluding hydrogens is 324 g/mol. The minimum atomic E-state index is -0.811. The molecule has 2 amide bonds. The van der Waals surface area contributed by atoms with Gasteiger partial charge in [0, 0.05) is 24.8 Å². The molecule has 0 aromatic carbocycles. The van der Waals surface area contributed by atoms with Crippen molar-refractivity contribution in [3.63, 3.8) is 0 Å². The molecule has 3 rings (SSSR count). The Balaban J connectivity index is 1.49. The first-order chi connectivity index (χ1) is 11.9. The topological polar surface area (TPSA) is 126 Å². The molecule has 8 heteroatoms. The Labute approximate surface area is 145 Å². The van der Waals surface area contributed by atoms with Crippen molar-refractivity contribution in [3.05, 3.63) is 29.6 Å². The highest BCUT2D eigenvalue weighted by atomic mass is 16.4. The fourth-order valence-corrected chi connectivity index (χ4v) is 3.09. The summed E-state index contributed by atoms with van der Waals surface area (Å²) in [7, 11) is 0. The molecule has 4 N–H and O–H groups in total. The monoisotopic (exact) mass is 346 g/mol. The standard InChI is InChI=1S/C17H22N4O4/c18-16(24)14-4-3-11(7-19-14)17(25)20-12-5-13(6-12)21(9-15(22)23)8-10-1-2-10/h3-4,7,10,12-13H,1-2,5-6,8-9H2,(H2,18,24)(H,20,25)(H,22,23). The van der Waals surface area contributed by atoms with Crippen LogP contribution in [0.25, 0.3) is 0 Å². The quantitative estimate of drug-likeness (QED) is 0.619. The number of aliphatic carboxylic acids is 1. The summed E-state index contributed by atoms with van der Waals surface area (Å²) in [4.78, 5) is 40.1. The number of carboxylic acids is 1. The number of carbonyl (C=O) groups is 3. The second-order valence-corrected chi connectivity index (χ2v) is 6.86. The van der Waals surface area contributed by atoms with Crippen LogP contribution in [0.4, 0.5) is 0 Å². The summed E-state index contributed by atoms with van der Waals surface area (Å²) in [6, 6.07) is 3.18. The zero-order chi connectivity index (χ0) is 18.0.